The van der Waals surface area contributed by atoms with Crippen molar-refractivity contribution in [3.63, 3.8) is 0 Å². The lowest BCUT2D eigenvalue weighted by atomic mass is 10.1. The van der Waals surface area contributed by atoms with Crippen LogP contribution in [-0.2, 0) is 16.3 Å². The lowest BCUT2D eigenvalue weighted by Gasteiger charge is -2.14. The first-order valence-corrected chi connectivity index (χ1v) is 9.44. The van der Waals surface area contributed by atoms with E-state index in [2.05, 4.69) is 30.4 Å². The Kier molecular flexibility index (Phi) is 3.98. The third kappa shape index (κ3) is 3.29. The molecule has 5 heteroatoms. The van der Waals surface area contributed by atoms with Gasteiger partial charge in [0, 0.05) is 11.8 Å². The first kappa shape index (κ1) is 15.7. The molecule has 4 nitrogen and oxygen atoms in total. The number of carbonyl (C=O) groups excluding carboxylic acids is 1. The summed E-state index contributed by atoms with van der Waals surface area (Å²) >= 11 is 0. The highest BCUT2D eigenvalue weighted by molar-refractivity contribution is 7.90. The molecule has 1 amide bonds. The standard InChI is InChI=1S/C18H19NO3S/c1-12-3-9-16-14(11-12)6-10-17(16)19-18(20)13-4-7-15(8-5-13)23(2,21)22/h3-5,7-9,11,17H,6,10H2,1-2H3,(H,19,20)/t17-/m1/s1. The molecule has 120 valence electrons. The zero-order valence-corrected chi connectivity index (χ0v) is 14.0. The smallest absolute Gasteiger partial charge is 0.251 e. The Bertz CT molecular complexity index is 854. The van der Waals surface area contributed by atoms with Gasteiger partial charge in [-0.15, -0.1) is 0 Å². The van der Waals surface area contributed by atoms with Crippen molar-refractivity contribution in [2.45, 2.75) is 30.7 Å². The topological polar surface area (TPSA) is 63.2 Å². The van der Waals surface area contributed by atoms with E-state index >= 15 is 0 Å². The normalized spacial score (nSPS) is 16.9. The molecule has 0 spiro atoms. The predicted octanol–water partition coefficient (Wildman–Crippen LogP) is 2.82. The molecule has 2 aromatic rings. The Balaban J connectivity index is 1.76. The van der Waals surface area contributed by atoms with Crippen LogP contribution in [0, 0.1) is 6.92 Å². The molecule has 0 saturated carbocycles. The molecule has 3 rings (SSSR count). The number of fused-ring (bicyclic) bond motifs is 1. The monoisotopic (exact) mass is 329 g/mol. The fraction of sp³-hybridized carbons (Fsp3) is 0.278. The highest BCUT2D eigenvalue weighted by Gasteiger charge is 2.24. The van der Waals surface area contributed by atoms with Crippen LogP contribution in [0.2, 0.25) is 0 Å². The van der Waals surface area contributed by atoms with Gasteiger partial charge >= 0.3 is 0 Å². The number of nitrogens with one attached hydrogen (secondary N) is 1. The van der Waals surface area contributed by atoms with Crippen LogP contribution in [0.1, 0.15) is 39.5 Å². The average molecular weight is 329 g/mol. The highest BCUT2D eigenvalue weighted by atomic mass is 32.2. The van der Waals surface area contributed by atoms with Crippen molar-refractivity contribution in [1.29, 1.82) is 0 Å². The summed E-state index contributed by atoms with van der Waals surface area (Å²) in [4.78, 5) is 12.6. The van der Waals surface area contributed by atoms with Crippen molar-refractivity contribution >= 4 is 15.7 Å². The number of hydrogen-bond donors (Lipinski definition) is 1. The molecule has 0 heterocycles. The molecule has 0 bridgehead atoms. The van der Waals surface area contributed by atoms with Gasteiger partial charge in [0.15, 0.2) is 9.84 Å². The van der Waals surface area contributed by atoms with Crippen LogP contribution in [-0.4, -0.2) is 20.6 Å². The van der Waals surface area contributed by atoms with Gasteiger partial charge in [-0.05, 0) is 55.2 Å². The average Bonchev–Trinajstić information content (AvgIpc) is 2.88. The van der Waals surface area contributed by atoms with Crippen LogP contribution in [0.25, 0.3) is 0 Å². The van der Waals surface area contributed by atoms with Gasteiger partial charge in [0.1, 0.15) is 0 Å². The van der Waals surface area contributed by atoms with Crippen molar-refractivity contribution < 1.29 is 13.2 Å². The number of amides is 1. The van der Waals surface area contributed by atoms with E-state index in [0.29, 0.717) is 5.56 Å². The van der Waals surface area contributed by atoms with Gasteiger partial charge in [-0.3, -0.25) is 4.79 Å². The van der Waals surface area contributed by atoms with Crippen LogP contribution in [0.15, 0.2) is 47.4 Å². The van der Waals surface area contributed by atoms with E-state index in [1.54, 1.807) is 12.1 Å². The zero-order chi connectivity index (χ0) is 16.6. The Morgan fingerprint density at radius 1 is 1.13 bits per heavy atom. The maximum atomic E-state index is 12.4. The van der Waals surface area contributed by atoms with Gasteiger partial charge < -0.3 is 5.32 Å². The van der Waals surface area contributed by atoms with E-state index < -0.39 is 9.84 Å². The molecule has 0 saturated heterocycles. The molecule has 23 heavy (non-hydrogen) atoms. The van der Waals surface area contributed by atoms with Gasteiger partial charge in [0.2, 0.25) is 0 Å². The van der Waals surface area contributed by atoms with E-state index in [4.69, 9.17) is 0 Å². The lowest BCUT2D eigenvalue weighted by Crippen LogP contribution is -2.27. The van der Waals surface area contributed by atoms with Crippen molar-refractivity contribution in [2.75, 3.05) is 6.26 Å². The second-order valence-corrected chi connectivity index (χ2v) is 8.08. The van der Waals surface area contributed by atoms with Crippen LogP contribution in [0.4, 0.5) is 0 Å². The fourth-order valence-corrected chi connectivity index (χ4v) is 3.62. The van der Waals surface area contributed by atoms with Gasteiger partial charge in [-0.25, -0.2) is 8.42 Å². The molecule has 1 aliphatic carbocycles. The molecule has 0 aliphatic heterocycles. The van der Waals surface area contributed by atoms with Crippen LogP contribution < -0.4 is 5.32 Å². The summed E-state index contributed by atoms with van der Waals surface area (Å²) in [7, 11) is -3.24. The summed E-state index contributed by atoms with van der Waals surface area (Å²) in [5, 5.41) is 3.04. The molecule has 2 aromatic carbocycles. The van der Waals surface area contributed by atoms with Gasteiger partial charge in [-0.2, -0.15) is 0 Å². The predicted molar refractivity (Wildman–Crippen MR) is 89.3 cm³/mol. The Labute approximate surface area is 136 Å². The Hall–Kier alpha value is -2.14. The summed E-state index contributed by atoms with van der Waals surface area (Å²) in [6, 6.07) is 12.4. The lowest BCUT2D eigenvalue weighted by molar-refractivity contribution is 0.0936. The quantitative estimate of drug-likeness (QED) is 0.942. The minimum absolute atomic E-state index is 0.0210. The Morgan fingerprint density at radius 3 is 2.48 bits per heavy atom. The maximum absolute atomic E-state index is 12.4. The first-order chi connectivity index (χ1) is 10.8. The molecule has 0 unspecified atom stereocenters. The van der Waals surface area contributed by atoms with Gasteiger partial charge in [0.25, 0.3) is 5.91 Å². The van der Waals surface area contributed by atoms with E-state index in [9.17, 15) is 13.2 Å². The van der Waals surface area contributed by atoms with Crippen LogP contribution >= 0.6 is 0 Å². The van der Waals surface area contributed by atoms with Crippen molar-refractivity contribution in [2.24, 2.45) is 0 Å². The van der Waals surface area contributed by atoms with Crippen LogP contribution in [0.5, 0.6) is 0 Å². The van der Waals surface area contributed by atoms with Crippen LogP contribution in [0.3, 0.4) is 0 Å². The molecule has 1 atom stereocenters. The van der Waals surface area contributed by atoms with E-state index in [-0.39, 0.29) is 16.8 Å². The number of benzene rings is 2. The number of carbonyl (C=O) groups is 1. The Morgan fingerprint density at radius 2 is 1.83 bits per heavy atom. The van der Waals surface area contributed by atoms with Gasteiger partial charge in [-0.1, -0.05) is 23.8 Å². The number of aryl methyl sites for hydroxylation is 2. The minimum Gasteiger partial charge on any atom is -0.345 e. The summed E-state index contributed by atoms with van der Waals surface area (Å²) in [6.45, 7) is 2.07. The number of rotatable bonds is 3. The van der Waals surface area contributed by atoms with Crippen molar-refractivity contribution in [3.05, 3.63) is 64.7 Å². The van der Waals surface area contributed by atoms with E-state index in [1.807, 2.05) is 0 Å². The fourth-order valence-electron chi connectivity index (χ4n) is 2.99. The zero-order valence-electron chi connectivity index (χ0n) is 13.2. The second-order valence-electron chi connectivity index (χ2n) is 6.06. The molecular weight excluding hydrogens is 310 g/mol. The number of sulfone groups is 1. The largest absolute Gasteiger partial charge is 0.345 e. The molecule has 0 radical (unpaired) electrons. The van der Waals surface area contributed by atoms with E-state index in [1.165, 1.54) is 28.8 Å². The third-order valence-corrected chi connectivity index (χ3v) is 5.35. The highest BCUT2D eigenvalue weighted by Crippen LogP contribution is 2.31. The molecule has 0 fully saturated rings. The molecule has 1 N–H and O–H groups in total. The SMILES string of the molecule is Cc1ccc2c(c1)CC[C@H]2NC(=O)c1ccc(S(C)(=O)=O)cc1. The van der Waals surface area contributed by atoms with E-state index in [0.717, 1.165) is 19.1 Å². The molecular formula is C18H19NO3S. The summed E-state index contributed by atoms with van der Waals surface area (Å²) < 4.78 is 22.9. The second kappa shape index (κ2) is 5.81. The maximum Gasteiger partial charge on any atom is 0.251 e. The van der Waals surface area contributed by atoms with Gasteiger partial charge in [0.05, 0.1) is 10.9 Å². The minimum atomic E-state index is -3.24. The van der Waals surface area contributed by atoms with Crippen molar-refractivity contribution in [1.82, 2.24) is 5.32 Å². The summed E-state index contributed by atoms with van der Waals surface area (Å²) in [5.74, 6) is -0.177. The number of hydrogen-bond acceptors (Lipinski definition) is 3. The third-order valence-electron chi connectivity index (χ3n) is 4.23. The van der Waals surface area contributed by atoms with Crippen molar-refractivity contribution in [3.8, 4) is 0 Å². The summed E-state index contributed by atoms with van der Waals surface area (Å²) in [6.07, 6.45) is 3.01. The molecule has 1 aliphatic rings. The summed E-state index contributed by atoms with van der Waals surface area (Å²) in [5.41, 5.74) is 4.17. The molecule has 0 aromatic heterocycles. The first-order valence-electron chi connectivity index (χ1n) is 7.55.